The van der Waals surface area contributed by atoms with E-state index in [9.17, 15) is 4.79 Å². The molecular weight excluding hydrogens is 272 g/mol. The second-order valence-electron chi connectivity index (χ2n) is 4.33. The predicted octanol–water partition coefficient (Wildman–Crippen LogP) is 1.02. The Morgan fingerprint density at radius 2 is 2.29 bits per heavy atom. The molecule has 0 aliphatic carbocycles. The van der Waals surface area contributed by atoms with E-state index in [1.54, 1.807) is 13.2 Å². The number of hydrogen-bond donors (Lipinski definition) is 3. The molecule has 2 rings (SSSR count). The third kappa shape index (κ3) is 3.12. The Hall–Kier alpha value is -2.58. The minimum Gasteiger partial charge on any atom is -0.380 e. The van der Waals surface area contributed by atoms with Crippen molar-refractivity contribution in [1.29, 1.82) is 5.41 Å². The van der Waals surface area contributed by atoms with Crippen molar-refractivity contribution >= 4 is 34.9 Å². The molecule has 0 fully saturated rings. The highest BCUT2D eigenvalue weighted by Gasteiger charge is 2.14. The Labute approximate surface area is 121 Å². The van der Waals surface area contributed by atoms with Gasteiger partial charge in [-0.05, 0) is 6.07 Å². The number of methoxy groups -OCH3 is 1. The number of benzene rings is 1. The molecule has 0 saturated heterocycles. The van der Waals surface area contributed by atoms with Crippen LogP contribution in [0.4, 0.5) is 11.8 Å². The topological polar surface area (TPSA) is 117 Å². The molecule has 21 heavy (non-hydrogen) atoms. The van der Waals surface area contributed by atoms with Gasteiger partial charge in [0.2, 0.25) is 11.9 Å². The quantitative estimate of drug-likeness (QED) is 0.327. The molecule has 0 atom stereocenters. The molecule has 110 valence electrons. The molecule has 1 aromatic heterocycles. The van der Waals surface area contributed by atoms with Crippen LogP contribution in [0.15, 0.2) is 18.2 Å². The second-order valence-corrected chi connectivity index (χ2v) is 4.33. The van der Waals surface area contributed by atoms with Crippen LogP contribution in [0.1, 0.15) is 12.5 Å². The van der Waals surface area contributed by atoms with Gasteiger partial charge in [0.1, 0.15) is 6.34 Å². The van der Waals surface area contributed by atoms with E-state index < -0.39 is 0 Å². The SMILES string of the molecule is COCc1cccc2c(N(N)C=N)nc(NC(C)=O)nc12. The van der Waals surface area contributed by atoms with Crippen LogP contribution < -0.4 is 16.2 Å². The Bertz CT molecular complexity index is 688. The van der Waals surface area contributed by atoms with Crippen LogP contribution in [0.5, 0.6) is 0 Å². The summed E-state index contributed by atoms with van der Waals surface area (Å²) in [4.78, 5) is 19.7. The fraction of sp³-hybridized carbons (Fsp3) is 0.231. The van der Waals surface area contributed by atoms with Crippen molar-refractivity contribution < 1.29 is 9.53 Å². The van der Waals surface area contributed by atoms with E-state index in [0.29, 0.717) is 23.3 Å². The van der Waals surface area contributed by atoms with Crippen LogP contribution in [0, 0.1) is 5.41 Å². The van der Waals surface area contributed by atoms with Crippen molar-refractivity contribution in [3.05, 3.63) is 23.8 Å². The molecule has 0 saturated carbocycles. The number of hydrogen-bond acceptors (Lipinski definition) is 6. The molecule has 0 radical (unpaired) electrons. The van der Waals surface area contributed by atoms with Crippen LogP contribution in [0.3, 0.4) is 0 Å². The third-order valence-corrected chi connectivity index (χ3v) is 2.76. The van der Waals surface area contributed by atoms with Crippen molar-refractivity contribution in [2.75, 3.05) is 17.4 Å². The van der Waals surface area contributed by atoms with E-state index in [2.05, 4.69) is 15.3 Å². The molecule has 8 heteroatoms. The number of ether oxygens (including phenoxy) is 1. The average molecular weight is 288 g/mol. The van der Waals surface area contributed by atoms with Crippen LogP contribution in [-0.2, 0) is 16.1 Å². The molecule has 4 N–H and O–H groups in total. The minimum atomic E-state index is -0.289. The van der Waals surface area contributed by atoms with E-state index in [4.69, 9.17) is 16.0 Å². The number of fused-ring (bicyclic) bond motifs is 1. The first kappa shape index (κ1) is 14.8. The van der Waals surface area contributed by atoms with Crippen LogP contribution >= 0.6 is 0 Å². The van der Waals surface area contributed by atoms with E-state index in [-0.39, 0.29) is 11.9 Å². The fourth-order valence-electron chi connectivity index (χ4n) is 1.94. The number of carbonyl (C=O) groups is 1. The van der Waals surface area contributed by atoms with Gasteiger partial charge >= 0.3 is 0 Å². The number of aromatic nitrogens is 2. The first-order chi connectivity index (χ1) is 10.1. The smallest absolute Gasteiger partial charge is 0.232 e. The van der Waals surface area contributed by atoms with Gasteiger partial charge in [0.05, 0.1) is 12.1 Å². The van der Waals surface area contributed by atoms with Gasteiger partial charge in [0, 0.05) is 25.0 Å². The maximum atomic E-state index is 11.2. The summed E-state index contributed by atoms with van der Waals surface area (Å²) in [7, 11) is 1.59. The summed E-state index contributed by atoms with van der Waals surface area (Å²) in [6.07, 6.45) is 0.933. The monoisotopic (exact) mass is 288 g/mol. The zero-order chi connectivity index (χ0) is 15.4. The molecule has 0 unspecified atom stereocenters. The third-order valence-electron chi connectivity index (χ3n) is 2.76. The van der Waals surface area contributed by atoms with Crippen molar-refractivity contribution in [1.82, 2.24) is 9.97 Å². The molecule has 0 aliphatic rings. The zero-order valence-electron chi connectivity index (χ0n) is 11.8. The summed E-state index contributed by atoms with van der Waals surface area (Å²) in [5.41, 5.74) is 1.45. The number of carbonyl (C=O) groups excluding carboxylic acids is 1. The van der Waals surface area contributed by atoms with E-state index in [0.717, 1.165) is 16.9 Å². The largest absolute Gasteiger partial charge is 0.380 e. The van der Waals surface area contributed by atoms with Crippen LogP contribution in [-0.4, -0.2) is 29.3 Å². The van der Waals surface area contributed by atoms with Gasteiger partial charge in [-0.15, -0.1) is 0 Å². The van der Waals surface area contributed by atoms with Gasteiger partial charge < -0.3 is 4.74 Å². The summed E-state index contributed by atoms with van der Waals surface area (Å²) in [5, 5.41) is 11.5. The Balaban J connectivity index is 2.70. The summed E-state index contributed by atoms with van der Waals surface area (Å²) in [5.74, 6) is 5.91. The van der Waals surface area contributed by atoms with Crippen LogP contribution in [0.25, 0.3) is 10.9 Å². The lowest BCUT2D eigenvalue weighted by Gasteiger charge is -2.16. The summed E-state index contributed by atoms with van der Waals surface area (Å²) >= 11 is 0. The number of amides is 1. The fourth-order valence-corrected chi connectivity index (χ4v) is 1.94. The Morgan fingerprint density at radius 1 is 1.52 bits per heavy atom. The summed E-state index contributed by atoms with van der Waals surface area (Å²) < 4.78 is 5.15. The maximum Gasteiger partial charge on any atom is 0.232 e. The van der Waals surface area contributed by atoms with Crippen molar-refractivity contribution in [3.8, 4) is 0 Å². The number of rotatable bonds is 5. The lowest BCUT2D eigenvalue weighted by atomic mass is 10.1. The predicted molar refractivity (Wildman–Crippen MR) is 80.0 cm³/mol. The number of anilines is 2. The van der Waals surface area contributed by atoms with Gasteiger partial charge in [-0.1, -0.05) is 12.1 Å². The normalized spacial score (nSPS) is 10.4. The summed E-state index contributed by atoms with van der Waals surface area (Å²) in [6.45, 7) is 1.73. The van der Waals surface area contributed by atoms with E-state index in [1.807, 2.05) is 12.1 Å². The van der Waals surface area contributed by atoms with Gasteiger partial charge in [-0.3, -0.25) is 20.5 Å². The van der Waals surface area contributed by atoms with Gasteiger partial charge in [0.25, 0.3) is 0 Å². The zero-order valence-corrected chi connectivity index (χ0v) is 11.8. The van der Waals surface area contributed by atoms with Gasteiger partial charge in [0.15, 0.2) is 5.82 Å². The highest BCUT2D eigenvalue weighted by Crippen LogP contribution is 2.26. The van der Waals surface area contributed by atoms with Crippen LogP contribution in [0.2, 0.25) is 0 Å². The molecule has 1 heterocycles. The van der Waals surface area contributed by atoms with E-state index in [1.165, 1.54) is 6.92 Å². The Kier molecular flexibility index (Phi) is 4.41. The van der Waals surface area contributed by atoms with Gasteiger partial charge in [-0.2, -0.15) is 4.98 Å². The lowest BCUT2D eigenvalue weighted by Crippen LogP contribution is -2.30. The highest BCUT2D eigenvalue weighted by atomic mass is 16.5. The molecule has 0 spiro atoms. The number of nitrogens with one attached hydrogen (secondary N) is 2. The number of hydrazine groups is 1. The summed E-state index contributed by atoms with van der Waals surface area (Å²) in [6, 6.07) is 5.50. The van der Waals surface area contributed by atoms with Crippen molar-refractivity contribution in [2.24, 2.45) is 5.84 Å². The average Bonchev–Trinajstić information content (AvgIpc) is 2.46. The molecule has 0 bridgehead atoms. The first-order valence-corrected chi connectivity index (χ1v) is 6.17. The minimum absolute atomic E-state index is 0.130. The maximum absolute atomic E-state index is 11.2. The number of para-hydroxylation sites is 1. The molecule has 1 aromatic carbocycles. The molecule has 8 nitrogen and oxygen atoms in total. The number of nitrogens with zero attached hydrogens (tertiary/aromatic N) is 3. The lowest BCUT2D eigenvalue weighted by molar-refractivity contribution is -0.114. The molecule has 0 aliphatic heterocycles. The van der Waals surface area contributed by atoms with Crippen molar-refractivity contribution in [3.63, 3.8) is 0 Å². The molecule has 2 aromatic rings. The molecular formula is C13H16N6O2. The van der Waals surface area contributed by atoms with Gasteiger partial charge in [-0.25, -0.2) is 10.8 Å². The standard InChI is InChI=1S/C13H16N6O2/c1-8(20)16-13-17-11-9(6-21-2)4-3-5-10(11)12(18-13)19(15)7-14/h3-5,7,14H,6,15H2,1-2H3,(H,16,17,18,20). The first-order valence-electron chi connectivity index (χ1n) is 6.17. The van der Waals surface area contributed by atoms with Crippen molar-refractivity contribution in [2.45, 2.75) is 13.5 Å². The highest BCUT2D eigenvalue weighted by molar-refractivity contribution is 5.97. The molecule has 1 amide bonds. The number of nitrogens with two attached hydrogens (primary N) is 1. The van der Waals surface area contributed by atoms with E-state index >= 15 is 0 Å². The Morgan fingerprint density at radius 3 is 2.90 bits per heavy atom. The second kappa shape index (κ2) is 6.25.